The minimum atomic E-state index is 0.496. The summed E-state index contributed by atoms with van der Waals surface area (Å²) in [6, 6.07) is 17.5. The molecule has 2 nitrogen and oxygen atoms in total. The van der Waals surface area contributed by atoms with Crippen LogP contribution >= 0.6 is 0 Å². The van der Waals surface area contributed by atoms with Crippen molar-refractivity contribution in [2.45, 2.75) is 44.2 Å². The van der Waals surface area contributed by atoms with Gasteiger partial charge in [-0.05, 0) is 60.9 Å². The summed E-state index contributed by atoms with van der Waals surface area (Å²) in [6.07, 6.45) is 4.69. The molecule has 0 aromatic heterocycles. The number of rotatable bonds is 2. The number of hydrogen-bond acceptors (Lipinski definition) is 2. The average molecular weight is 293 g/mol. The third-order valence-electron chi connectivity index (χ3n) is 5.40. The number of aromatic hydroxyl groups is 1. The van der Waals surface area contributed by atoms with Gasteiger partial charge in [0.1, 0.15) is 5.75 Å². The molecule has 2 aromatic rings. The van der Waals surface area contributed by atoms with Crippen LogP contribution in [-0.4, -0.2) is 22.6 Å². The third-order valence-corrected chi connectivity index (χ3v) is 5.40. The third kappa shape index (κ3) is 2.42. The maximum atomic E-state index is 10.1. The molecule has 1 aliphatic carbocycles. The van der Waals surface area contributed by atoms with Crippen LogP contribution in [0.15, 0.2) is 48.5 Å². The monoisotopic (exact) mass is 293 g/mol. The molecule has 1 saturated heterocycles. The SMILES string of the molecule is Oc1cccc2c1CC[C@@H]1[C@H]2CCCN1Cc1ccccc1. The van der Waals surface area contributed by atoms with E-state index in [1.807, 2.05) is 12.1 Å². The highest BCUT2D eigenvalue weighted by Gasteiger charge is 2.36. The van der Waals surface area contributed by atoms with Gasteiger partial charge < -0.3 is 5.11 Å². The lowest BCUT2D eigenvalue weighted by Crippen LogP contribution is -2.45. The van der Waals surface area contributed by atoms with Crippen LogP contribution in [0.5, 0.6) is 5.75 Å². The molecule has 1 heterocycles. The quantitative estimate of drug-likeness (QED) is 0.901. The van der Waals surface area contributed by atoms with Gasteiger partial charge >= 0.3 is 0 Å². The molecule has 0 bridgehead atoms. The highest BCUT2D eigenvalue weighted by atomic mass is 16.3. The van der Waals surface area contributed by atoms with Crippen LogP contribution < -0.4 is 0 Å². The molecule has 2 aromatic carbocycles. The van der Waals surface area contributed by atoms with Crippen molar-refractivity contribution < 1.29 is 5.11 Å². The van der Waals surface area contributed by atoms with E-state index in [-0.39, 0.29) is 0 Å². The van der Waals surface area contributed by atoms with Crippen molar-refractivity contribution in [1.82, 2.24) is 4.90 Å². The Kier molecular flexibility index (Phi) is 3.63. The summed E-state index contributed by atoms with van der Waals surface area (Å²) in [7, 11) is 0. The standard InChI is InChI=1S/C20H23NO/c22-20-10-4-8-16-17-9-5-13-21(19(17)12-11-18(16)20)14-15-6-2-1-3-7-15/h1-4,6-8,10,17,19,22H,5,9,11-14H2/t17-,19+/m0/s1. The molecule has 0 saturated carbocycles. The lowest BCUT2D eigenvalue weighted by molar-refractivity contribution is 0.104. The molecule has 0 unspecified atom stereocenters. The van der Waals surface area contributed by atoms with E-state index < -0.39 is 0 Å². The van der Waals surface area contributed by atoms with Crippen molar-refractivity contribution in [3.05, 3.63) is 65.2 Å². The van der Waals surface area contributed by atoms with E-state index in [0.29, 0.717) is 17.7 Å². The maximum Gasteiger partial charge on any atom is 0.119 e. The van der Waals surface area contributed by atoms with E-state index in [1.54, 1.807) is 0 Å². The number of likely N-dealkylation sites (tertiary alicyclic amines) is 1. The van der Waals surface area contributed by atoms with Gasteiger partial charge in [-0.15, -0.1) is 0 Å². The highest BCUT2D eigenvalue weighted by Crippen LogP contribution is 2.43. The summed E-state index contributed by atoms with van der Waals surface area (Å²) in [5, 5.41) is 10.1. The van der Waals surface area contributed by atoms with Crippen molar-refractivity contribution >= 4 is 0 Å². The van der Waals surface area contributed by atoms with E-state index in [1.165, 1.54) is 42.5 Å². The Morgan fingerprint density at radius 1 is 1.00 bits per heavy atom. The van der Waals surface area contributed by atoms with E-state index in [0.717, 1.165) is 13.0 Å². The van der Waals surface area contributed by atoms with Gasteiger partial charge in [-0.2, -0.15) is 0 Å². The van der Waals surface area contributed by atoms with Crippen molar-refractivity contribution in [3.8, 4) is 5.75 Å². The number of nitrogens with zero attached hydrogens (tertiary/aromatic N) is 1. The summed E-state index contributed by atoms with van der Waals surface area (Å²) >= 11 is 0. The predicted molar refractivity (Wildman–Crippen MR) is 89.0 cm³/mol. The lowest BCUT2D eigenvalue weighted by Gasteiger charge is -2.45. The second-order valence-corrected chi connectivity index (χ2v) is 6.66. The van der Waals surface area contributed by atoms with Crippen molar-refractivity contribution in [3.63, 3.8) is 0 Å². The van der Waals surface area contributed by atoms with Crippen molar-refractivity contribution in [1.29, 1.82) is 0 Å². The van der Waals surface area contributed by atoms with Gasteiger partial charge in [-0.1, -0.05) is 42.5 Å². The highest BCUT2D eigenvalue weighted by molar-refractivity contribution is 5.44. The van der Waals surface area contributed by atoms with E-state index in [2.05, 4.69) is 41.3 Å². The Hall–Kier alpha value is -1.80. The molecular formula is C20H23NO. The van der Waals surface area contributed by atoms with Crippen molar-refractivity contribution in [2.75, 3.05) is 6.54 Å². The average Bonchev–Trinajstić information content (AvgIpc) is 2.56. The van der Waals surface area contributed by atoms with E-state index in [9.17, 15) is 5.11 Å². The molecule has 1 aliphatic heterocycles. The molecule has 2 aliphatic rings. The summed E-state index contributed by atoms with van der Waals surface area (Å²) in [6.45, 7) is 2.25. The zero-order valence-electron chi connectivity index (χ0n) is 12.9. The Morgan fingerprint density at radius 2 is 1.86 bits per heavy atom. The lowest BCUT2D eigenvalue weighted by atomic mass is 9.74. The topological polar surface area (TPSA) is 23.5 Å². The molecule has 2 atom stereocenters. The molecule has 22 heavy (non-hydrogen) atoms. The van der Waals surface area contributed by atoms with Gasteiger partial charge in [-0.3, -0.25) is 4.90 Å². The number of phenols is 1. The Bertz CT molecular complexity index is 652. The molecule has 0 amide bonds. The summed E-state index contributed by atoms with van der Waals surface area (Å²) in [5.41, 5.74) is 4.00. The van der Waals surface area contributed by atoms with Crippen LogP contribution in [0.4, 0.5) is 0 Å². The first-order valence-corrected chi connectivity index (χ1v) is 8.41. The minimum absolute atomic E-state index is 0.496. The van der Waals surface area contributed by atoms with Crippen LogP contribution in [0, 0.1) is 0 Å². The van der Waals surface area contributed by atoms with Gasteiger partial charge in [0.2, 0.25) is 0 Å². The minimum Gasteiger partial charge on any atom is -0.508 e. The number of phenolic OH excluding ortho intramolecular Hbond substituents is 1. The number of benzene rings is 2. The fourth-order valence-corrected chi connectivity index (χ4v) is 4.39. The predicted octanol–water partition coefficient (Wildman–Crippen LogP) is 4.09. The van der Waals surface area contributed by atoms with Gasteiger partial charge in [0.15, 0.2) is 0 Å². The summed E-state index contributed by atoms with van der Waals surface area (Å²) in [5.74, 6) is 1.09. The smallest absolute Gasteiger partial charge is 0.119 e. The second kappa shape index (κ2) is 5.77. The first kappa shape index (κ1) is 13.8. The van der Waals surface area contributed by atoms with Crippen LogP contribution in [0.1, 0.15) is 41.9 Å². The zero-order chi connectivity index (χ0) is 14.9. The second-order valence-electron chi connectivity index (χ2n) is 6.66. The zero-order valence-corrected chi connectivity index (χ0v) is 12.9. The molecule has 2 heteroatoms. The van der Waals surface area contributed by atoms with Crippen LogP contribution in [0.25, 0.3) is 0 Å². The molecule has 1 N–H and O–H groups in total. The largest absolute Gasteiger partial charge is 0.508 e. The molecule has 1 fully saturated rings. The maximum absolute atomic E-state index is 10.1. The van der Waals surface area contributed by atoms with E-state index in [4.69, 9.17) is 0 Å². The normalized spacial score (nSPS) is 24.5. The Balaban J connectivity index is 1.61. The molecule has 0 radical (unpaired) electrons. The first-order valence-electron chi connectivity index (χ1n) is 8.41. The van der Waals surface area contributed by atoms with Crippen molar-refractivity contribution in [2.24, 2.45) is 0 Å². The molecule has 0 spiro atoms. The van der Waals surface area contributed by atoms with Crippen LogP contribution in [-0.2, 0) is 13.0 Å². The number of fused-ring (bicyclic) bond motifs is 3. The van der Waals surface area contributed by atoms with Gasteiger partial charge in [-0.25, -0.2) is 0 Å². The van der Waals surface area contributed by atoms with E-state index >= 15 is 0 Å². The molecular weight excluding hydrogens is 270 g/mol. The fourth-order valence-electron chi connectivity index (χ4n) is 4.39. The Morgan fingerprint density at radius 3 is 2.73 bits per heavy atom. The summed E-state index contributed by atoms with van der Waals surface area (Å²) in [4.78, 5) is 2.66. The number of piperidine rings is 1. The molecule has 4 rings (SSSR count). The van der Waals surface area contributed by atoms with Crippen LogP contribution in [0.3, 0.4) is 0 Å². The first-order chi connectivity index (χ1) is 10.8. The Labute approximate surface area is 132 Å². The van der Waals surface area contributed by atoms with Gasteiger partial charge in [0, 0.05) is 12.6 Å². The number of hydrogen-bond donors (Lipinski definition) is 1. The van der Waals surface area contributed by atoms with Gasteiger partial charge in [0.25, 0.3) is 0 Å². The van der Waals surface area contributed by atoms with Gasteiger partial charge in [0.05, 0.1) is 0 Å². The fraction of sp³-hybridized carbons (Fsp3) is 0.400. The molecule has 114 valence electrons. The summed E-state index contributed by atoms with van der Waals surface area (Å²) < 4.78 is 0. The van der Waals surface area contributed by atoms with Crippen LogP contribution in [0.2, 0.25) is 0 Å².